The monoisotopic (exact) mass is 388 g/mol. The Morgan fingerprint density at radius 3 is 2.82 bits per heavy atom. The number of benzene rings is 1. The van der Waals surface area contributed by atoms with Crippen molar-refractivity contribution < 1.29 is 19.4 Å². The minimum atomic E-state index is -1.29. The van der Waals surface area contributed by atoms with Gasteiger partial charge in [0.25, 0.3) is 5.91 Å². The number of likely N-dealkylation sites (tertiary alicyclic amines) is 1. The summed E-state index contributed by atoms with van der Waals surface area (Å²) in [5.74, 6) is 2.16. The van der Waals surface area contributed by atoms with Gasteiger partial charge in [-0.2, -0.15) is 0 Å². The van der Waals surface area contributed by atoms with Crippen molar-refractivity contribution in [2.45, 2.75) is 63.5 Å². The molecule has 28 heavy (non-hydrogen) atoms. The van der Waals surface area contributed by atoms with E-state index in [2.05, 4.69) is 5.32 Å². The van der Waals surface area contributed by atoms with Crippen LogP contribution in [0.15, 0.2) is 18.2 Å². The highest BCUT2D eigenvalue weighted by Gasteiger charge is 2.41. The van der Waals surface area contributed by atoms with E-state index in [-0.39, 0.29) is 19.2 Å². The van der Waals surface area contributed by atoms with Crippen LogP contribution >= 0.6 is 0 Å². The first-order valence-electron chi connectivity index (χ1n) is 10.7. The second-order valence-electron chi connectivity index (χ2n) is 8.51. The van der Waals surface area contributed by atoms with Gasteiger partial charge in [-0.3, -0.25) is 4.79 Å². The van der Waals surface area contributed by atoms with E-state index < -0.39 is 5.60 Å². The molecule has 0 spiro atoms. The van der Waals surface area contributed by atoms with Crippen molar-refractivity contribution in [3.8, 4) is 11.5 Å². The molecule has 2 aliphatic heterocycles. The fourth-order valence-electron chi connectivity index (χ4n) is 4.72. The van der Waals surface area contributed by atoms with Gasteiger partial charge in [0.05, 0.1) is 0 Å². The zero-order chi connectivity index (χ0) is 19.4. The van der Waals surface area contributed by atoms with Gasteiger partial charge in [0, 0.05) is 26.2 Å². The van der Waals surface area contributed by atoms with Gasteiger partial charge in [-0.05, 0) is 42.9 Å². The van der Waals surface area contributed by atoms with Gasteiger partial charge in [-0.15, -0.1) is 0 Å². The van der Waals surface area contributed by atoms with Crippen LogP contribution in [0, 0.1) is 5.92 Å². The first kappa shape index (κ1) is 19.5. The van der Waals surface area contributed by atoms with Crippen LogP contribution in [0.4, 0.5) is 0 Å². The van der Waals surface area contributed by atoms with Gasteiger partial charge >= 0.3 is 0 Å². The minimum Gasteiger partial charge on any atom is -0.454 e. The van der Waals surface area contributed by atoms with E-state index in [4.69, 9.17) is 9.47 Å². The summed E-state index contributed by atoms with van der Waals surface area (Å²) in [6.07, 6.45) is 9.06. The number of nitrogens with one attached hydrogen (secondary N) is 1. The van der Waals surface area contributed by atoms with Crippen molar-refractivity contribution in [2.24, 2.45) is 5.92 Å². The summed E-state index contributed by atoms with van der Waals surface area (Å²) in [4.78, 5) is 14.8. The van der Waals surface area contributed by atoms with Crippen LogP contribution in [0.2, 0.25) is 0 Å². The molecule has 2 heterocycles. The Hall–Kier alpha value is -1.79. The Kier molecular flexibility index (Phi) is 6.07. The molecule has 1 saturated heterocycles. The molecule has 1 saturated carbocycles. The second-order valence-corrected chi connectivity index (χ2v) is 8.51. The largest absolute Gasteiger partial charge is 0.454 e. The van der Waals surface area contributed by atoms with Crippen molar-refractivity contribution in [1.29, 1.82) is 0 Å². The zero-order valence-corrected chi connectivity index (χ0v) is 16.6. The van der Waals surface area contributed by atoms with E-state index >= 15 is 0 Å². The lowest BCUT2D eigenvalue weighted by atomic mass is 9.86. The Balaban J connectivity index is 1.27. The van der Waals surface area contributed by atoms with Gasteiger partial charge in [-0.25, -0.2) is 0 Å². The molecule has 2 fully saturated rings. The van der Waals surface area contributed by atoms with Crippen LogP contribution in [-0.4, -0.2) is 47.9 Å². The van der Waals surface area contributed by atoms with Crippen molar-refractivity contribution in [3.63, 3.8) is 0 Å². The Bertz CT molecular complexity index is 689. The van der Waals surface area contributed by atoms with Crippen molar-refractivity contribution in [2.75, 3.05) is 26.4 Å². The number of ether oxygens (including phenoxy) is 2. The molecule has 1 aromatic rings. The molecular formula is C22H32N2O4. The molecule has 0 bridgehead atoms. The lowest BCUT2D eigenvalue weighted by Crippen LogP contribution is -2.58. The van der Waals surface area contributed by atoms with Gasteiger partial charge in [0.1, 0.15) is 0 Å². The quantitative estimate of drug-likeness (QED) is 0.752. The van der Waals surface area contributed by atoms with Crippen LogP contribution in [-0.2, 0) is 11.3 Å². The summed E-state index contributed by atoms with van der Waals surface area (Å²) in [5, 5.41) is 14.2. The first-order chi connectivity index (χ1) is 13.6. The number of rotatable bonds is 7. The predicted molar refractivity (Wildman–Crippen MR) is 106 cm³/mol. The minimum absolute atomic E-state index is 0.104. The van der Waals surface area contributed by atoms with Crippen LogP contribution in [0.1, 0.15) is 56.9 Å². The number of amides is 1. The number of carbonyl (C=O) groups is 1. The number of piperidine rings is 1. The number of carbonyl (C=O) groups excluding carboxylic acids is 1. The second kappa shape index (κ2) is 8.70. The highest BCUT2D eigenvalue weighted by atomic mass is 16.7. The van der Waals surface area contributed by atoms with E-state index in [0.717, 1.165) is 48.9 Å². The van der Waals surface area contributed by atoms with Crippen LogP contribution < -0.4 is 14.8 Å². The summed E-state index contributed by atoms with van der Waals surface area (Å²) >= 11 is 0. The Labute approximate surface area is 167 Å². The number of hydrogen-bond donors (Lipinski definition) is 2. The highest BCUT2D eigenvalue weighted by molar-refractivity contribution is 5.86. The third-order valence-electron chi connectivity index (χ3n) is 6.42. The van der Waals surface area contributed by atoms with E-state index in [9.17, 15) is 9.90 Å². The average molecular weight is 389 g/mol. The fourth-order valence-corrected chi connectivity index (χ4v) is 4.72. The Morgan fingerprint density at radius 1 is 1.14 bits per heavy atom. The van der Waals surface area contributed by atoms with Gasteiger partial charge in [-0.1, -0.05) is 38.2 Å². The summed E-state index contributed by atoms with van der Waals surface area (Å²) in [5.41, 5.74) is -0.244. The normalized spacial score (nSPS) is 25.3. The molecule has 0 aromatic heterocycles. The summed E-state index contributed by atoms with van der Waals surface area (Å²) < 4.78 is 10.7. The third kappa shape index (κ3) is 4.44. The molecule has 1 aliphatic carbocycles. The summed E-state index contributed by atoms with van der Waals surface area (Å²) in [7, 11) is 0. The summed E-state index contributed by atoms with van der Waals surface area (Å²) in [6.45, 7) is 2.68. The molecule has 2 N–H and O–H groups in total. The predicted octanol–water partition coefficient (Wildman–Crippen LogP) is 2.83. The molecule has 0 radical (unpaired) electrons. The lowest BCUT2D eigenvalue weighted by Gasteiger charge is -2.39. The van der Waals surface area contributed by atoms with E-state index in [1.807, 2.05) is 23.1 Å². The highest BCUT2D eigenvalue weighted by Crippen LogP contribution is 2.32. The average Bonchev–Trinajstić information content (AvgIpc) is 3.18. The molecule has 4 rings (SSSR count). The standard InChI is InChI=1S/C22H32N2O4/c25-21-22(26,10-4-11-24(21)12-9-17-5-2-1-3-6-17)15-23-14-18-7-8-19-20(13-18)28-16-27-19/h7-8,13,17,23,26H,1-6,9-12,14-16H2/t22-/m0/s1. The molecule has 154 valence electrons. The molecule has 1 aromatic carbocycles. The maximum atomic E-state index is 12.9. The van der Waals surface area contributed by atoms with E-state index in [1.54, 1.807) is 0 Å². The molecule has 6 heteroatoms. The molecule has 3 aliphatic rings. The SMILES string of the molecule is O=C1N(CCC2CCCCC2)CCC[C@]1(O)CNCc1ccc2c(c1)OCO2. The molecule has 1 atom stereocenters. The van der Waals surface area contributed by atoms with Gasteiger partial charge in [0.2, 0.25) is 6.79 Å². The number of aliphatic hydroxyl groups is 1. The van der Waals surface area contributed by atoms with Gasteiger partial charge in [0.15, 0.2) is 17.1 Å². The van der Waals surface area contributed by atoms with Crippen molar-refractivity contribution in [1.82, 2.24) is 10.2 Å². The van der Waals surface area contributed by atoms with Crippen molar-refractivity contribution >= 4 is 5.91 Å². The topological polar surface area (TPSA) is 71.0 Å². The first-order valence-corrected chi connectivity index (χ1v) is 10.7. The van der Waals surface area contributed by atoms with Crippen LogP contribution in [0.25, 0.3) is 0 Å². The van der Waals surface area contributed by atoms with E-state index in [1.165, 1.54) is 32.1 Å². The van der Waals surface area contributed by atoms with Crippen LogP contribution in [0.3, 0.4) is 0 Å². The number of fused-ring (bicyclic) bond motifs is 1. The van der Waals surface area contributed by atoms with Crippen molar-refractivity contribution in [3.05, 3.63) is 23.8 Å². The maximum Gasteiger partial charge on any atom is 0.255 e. The smallest absolute Gasteiger partial charge is 0.255 e. The molecule has 1 amide bonds. The van der Waals surface area contributed by atoms with E-state index in [0.29, 0.717) is 13.0 Å². The molecular weight excluding hydrogens is 356 g/mol. The molecule has 0 unspecified atom stereocenters. The Morgan fingerprint density at radius 2 is 1.96 bits per heavy atom. The lowest BCUT2D eigenvalue weighted by molar-refractivity contribution is -0.156. The molecule has 6 nitrogen and oxygen atoms in total. The summed E-state index contributed by atoms with van der Waals surface area (Å²) in [6, 6.07) is 5.81. The van der Waals surface area contributed by atoms with Crippen LogP contribution in [0.5, 0.6) is 11.5 Å². The van der Waals surface area contributed by atoms with Gasteiger partial charge < -0.3 is 24.8 Å². The zero-order valence-electron chi connectivity index (χ0n) is 16.6. The number of hydrogen-bond acceptors (Lipinski definition) is 5. The third-order valence-corrected chi connectivity index (χ3v) is 6.42. The number of nitrogens with zero attached hydrogens (tertiary/aromatic N) is 1. The maximum absolute atomic E-state index is 12.9. The fraction of sp³-hybridized carbons (Fsp3) is 0.682.